The summed E-state index contributed by atoms with van der Waals surface area (Å²) in [4.78, 5) is 35.0. The minimum atomic E-state index is -0.953. The first-order valence-electron chi connectivity index (χ1n) is 13.1. The molecule has 0 aromatic heterocycles. The number of imide groups is 1. The number of hydrogen-bond donors (Lipinski definition) is 0. The molecule has 5 rings (SSSR count). The SMILES string of the molecule is CCCOc1ccc(C2C3C(=O)N(c4ccc(OCC)cc4)C(=O)C3ON2c2ccccc2)cc1OCC. The van der Waals surface area contributed by atoms with Crippen LogP contribution >= 0.6 is 0 Å². The Kier molecular flexibility index (Phi) is 7.51. The van der Waals surface area contributed by atoms with Gasteiger partial charge in [-0.3, -0.25) is 14.4 Å². The number of fused-ring (bicyclic) bond motifs is 1. The Balaban J connectivity index is 1.54. The molecule has 2 amide bonds. The largest absolute Gasteiger partial charge is 0.494 e. The number of carbonyl (C=O) groups excluding carboxylic acids is 2. The molecule has 0 saturated carbocycles. The van der Waals surface area contributed by atoms with Gasteiger partial charge in [-0.1, -0.05) is 31.2 Å². The molecule has 0 N–H and O–H groups in total. The van der Waals surface area contributed by atoms with Gasteiger partial charge in [0.15, 0.2) is 17.6 Å². The minimum Gasteiger partial charge on any atom is -0.494 e. The first-order valence-corrected chi connectivity index (χ1v) is 13.1. The summed E-state index contributed by atoms with van der Waals surface area (Å²) < 4.78 is 17.3. The Bertz CT molecular complexity index is 1280. The fraction of sp³-hybridized carbons (Fsp3) is 0.333. The van der Waals surface area contributed by atoms with Crippen LogP contribution in [0.15, 0.2) is 72.8 Å². The molecule has 8 nitrogen and oxygen atoms in total. The van der Waals surface area contributed by atoms with Crippen molar-refractivity contribution in [3.05, 3.63) is 78.4 Å². The van der Waals surface area contributed by atoms with E-state index >= 15 is 0 Å². The van der Waals surface area contributed by atoms with E-state index in [0.29, 0.717) is 42.8 Å². The van der Waals surface area contributed by atoms with Crippen LogP contribution in [-0.4, -0.2) is 37.7 Å². The number of benzene rings is 3. The van der Waals surface area contributed by atoms with Gasteiger partial charge >= 0.3 is 0 Å². The average Bonchev–Trinajstić information content (AvgIpc) is 3.45. The summed E-state index contributed by atoms with van der Waals surface area (Å²) in [6.45, 7) is 7.41. The van der Waals surface area contributed by atoms with E-state index in [9.17, 15) is 9.59 Å². The monoisotopic (exact) mass is 516 g/mol. The summed E-state index contributed by atoms with van der Waals surface area (Å²) in [5.41, 5.74) is 2.04. The molecule has 2 heterocycles. The van der Waals surface area contributed by atoms with Gasteiger partial charge in [0.05, 0.1) is 37.2 Å². The molecule has 3 aromatic rings. The van der Waals surface area contributed by atoms with Crippen LogP contribution in [0.5, 0.6) is 17.2 Å². The van der Waals surface area contributed by atoms with Crippen molar-refractivity contribution in [2.75, 3.05) is 29.8 Å². The van der Waals surface area contributed by atoms with Gasteiger partial charge in [0.1, 0.15) is 11.7 Å². The van der Waals surface area contributed by atoms with E-state index in [1.54, 1.807) is 29.3 Å². The summed E-state index contributed by atoms with van der Waals surface area (Å²) in [6, 6.07) is 21.6. The van der Waals surface area contributed by atoms with Gasteiger partial charge in [0.2, 0.25) is 5.91 Å². The van der Waals surface area contributed by atoms with Gasteiger partial charge in [-0.25, -0.2) is 9.96 Å². The number of amides is 2. The second-order valence-corrected chi connectivity index (χ2v) is 9.08. The van der Waals surface area contributed by atoms with Crippen LogP contribution < -0.4 is 24.2 Å². The fourth-order valence-electron chi connectivity index (χ4n) is 4.97. The number of nitrogens with zero attached hydrogens (tertiary/aromatic N) is 2. The zero-order chi connectivity index (χ0) is 26.6. The maximum atomic E-state index is 13.9. The lowest BCUT2D eigenvalue weighted by molar-refractivity contribution is -0.126. The second-order valence-electron chi connectivity index (χ2n) is 9.08. The first kappa shape index (κ1) is 25.6. The fourth-order valence-corrected chi connectivity index (χ4v) is 4.97. The number of carbonyl (C=O) groups is 2. The molecule has 2 saturated heterocycles. The number of hydrogen-bond acceptors (Lipinski definition) is 7. The summed E-state index contributed by atoms with van der Waals surface area (Å²) in [5.74, 6) is 0.469. The third kappa shape index (κ3) is 4.67. The molecule has 38 heavy (non-hydrogen) atoms. The van der Waals surface area contributed by atoms with Crippen LogP contribution in [0.4, 0.5) is 11.4 Å². The molecule has 3 unspecified atom stereocenters. The van der Waals surface area contributed by atoms with Gasteiger partial charge in [0.25, 0.3) is 5.91 Å². The molecule has 198 valence electrons. The molecule has 2 fully saturated rings. The summed E-state index contributed by atoms with van der Waals surface area (Å²) >= 11 is 0. The van der Waals surface area contributed by atoms with Gasteiger partial charge in [-0.2, -0.15) is 0 Å². The zero-order valence-corrected chi connectivity index (χ0v) is 21.8. The third-order valence-electron chi connectivity index (χ3n) is 6.60. The maximum Gasteiger partial charge on any atom is 0.266 e. The third-order valence-corrected chi connectivity index (χ3v) is 6.60. The van der Waals surface area contributed by atoms with E-state index in [0.717, 1.165) is 17.7 Å². The Hall–Kier alpha value is -4.04. The average molecular weight is 517 g/mol. The van der Waals surface area contributed by atoms with Crippen molar-refractivity contribution < 1.29 is 28.6 Å². The van der Waals surface area contributed by atoms with E-state index in [4.69, 9.17) is 19.0 Å². The molecule has 3 aromatic carbocycles. The van der Waals surface area contributed by atoms with Crippen molar-refractivity contribution >= 4 is 23.2 Å². The minimum absolute atomic E-state index is 0.308. The van der Waals surface area contributed by atoms with E-state index in [2.05, 4.69) is 0 Å². The lowest BCUT2D eigenvalue weighted by atomic mass is 9.90. The Morgan fingerprint density at radius 3 is 2.18 bits per heavy atom. The van der Waals surface area contributed by atoms with Crippen molar-refractivity contribution in [2.24, 2.45) is 5.92 Å². The molecule has 2 aliphatic rings. The molecule has 2 aliphatic heterocycles. The molecule has 8 heteroatoms. The quantitative estimate of drug-likeness (QED) is 0.337. The Morgan fingerprint density at radius 1 is 0.763 bits per heavy atom. The number of rotatable bonds is 10. The molecular formula is C30H32N2O6. The highest BCUT2D eigenvalue weighted by molar-refractivity contribution is 6.23. The van der Waals surface area contributed by atoms with Crippen LogP contribution in [0.3, 0.4) is 0 Å². The maximum absolute atomic E-state index is 13.9. The molecule has 0 bridgehead atoms. The number of anilines is 2. The standard InChI is InChI=1S/C30H32N2O6/c1-4-18-37-24-17-12-20(19-25(24)36-6-3)27-26-28(38-32(27)22-10-8-7-9-11-22)30(34)31(29(26)33)21-13-15-23(16-14-21)35-5-2/h7-17,19,26-28H,4-6,18H2,1-3H3. The van der Waals surface area contributed by atoms with Crippen LogP contribution in [0.25, 0.3) is 0 Å². The van der Waals surface area contributed by atoms with Gasteiger partial charge in [0, 0.05) is 0 Å². The summed E-state index contributed by atoms with van der Waals surface area (Å²) in [6.07, 6.45) is -0.0846. The van der Waals surface area contributed by atoms with Gasteiger partial charge in [-0.15, -0.1) is 0 Å². The number of hydroxylamine groups is 1. The first-order chi connectivity index (χ1) is 18.6. The van der Waals surface area contributed by atoms with Crippen LogP contribution in [0.1, 0.15) is 38.8 Å². The van der Waals surface area contributed by atoms with Gasteiger partial charge in [-0.05, 0) is 74.4 Å². The summed E-state index contributed by atoms with van der Waals surface area (Å²) in [7, 11) is 0. The zero-order valence-electron chi connectivity index (χ0n) is 21.8. The van der Waals surface area contributed by atoms with Crippen molar-refractivity contribution in [1.82, 2.24) is 0 Å². The predicted molar refractivity (Wildman–Crippen MR) is 144 cm³/mol. The van der Waals surface area contributed by atoms with Crippen LogP contribution in [0, 0.1) is 5.92 Å². The normalized spacial score (nSPS) is 20.6. The highest BCUT2D eigenvalue weighted by Gasteiger charge is 2.60. The highest BCUT2D eigenvalue weighted by Crippen LogP contribution is 2.48. The summed E-state index contributed by atoms with van der Waals surface area (Å²) in [5, 5.41) is 1.68. The molecule has 0 spiro atoms. The Morgan fingerprint density at radius 2 is 1.50 bits per heavy atom. The van der Waals surface area contributed by atoms with Gasteiger partial charge < -0.3 is 14.2 Å². The second kappa shape index (κ2) is 11.1. The van der Waals surface area contributed by atoms with Crippen LogP contribution in [-0.2, 0) is 14.4 Å². The molecule has 0 aliphatic carbocycles. The van der Waals surface area contributed by atoms with Crippen molar-refractivity contribution in [3.8, 4) is 17.2 Å². The van der Waals surface area contributed by atoms with Crippen molar-refractivity contribution in [2.45, 2.75) is 39.3 Å². The Labute approximate surface area is 222 Å². The van der Waals surface area contributed by atoms with E-state index in [-0.39, 0.29) is 11.8 Å². The number of para-hydroxylation sites is 1. The molecular weight excluding hydrogens is 484 g/mol. The topological polar surface area (TPSA) is 77.5 Å². The predicted octanol–water partition coefficient (Wildman–Crippen LogP) is 5.32. The van der Waals surface area contributed by atoms with Crippen molar-refractivity contribution in [1.29, 1.82) is 0 Å². The lowest BCUT2D eigenvalue weighted by Gasteiger charge is -2.29. The molecule has 3 atom stereocenters. The highest BCUT2D eigenvalue weighted by atomic mass is 16.7. The smallest absolute Gasteiger partial charge is 0.266 e. The van der Waals surface area contributed by atoms with E-state index < -0.39 is 18.1 Å². The number of ether oxygens (including phenoxy) is 3. The van der Waals surface area contributed by atoms with E-state index in [1.807, 2.05) is 69.3 Å². The van der Waals surface area contributed by atoms with E-state index in [1.165, 1.54) is 4.90 Å². The lowest BCUT2D eigenvalue weighted by Crippen LogP contribution is -2.37. The molecule has 0 radical (unpaired) electrons. The van der Waals surface area contributed by atoms with Crippen molar-refractivity contribution in [3.63, 3.8) is 0 Å². The van der Waals surface area contributed by atoms with Crippen LogP contribution in [0.2, 0.25) is 0 Å².